The van der Waals surface area contributed by atoms with Crippen LogP contribution in [0.3, 0.4) is 0 Å². The van der Waals surface area contributed by atoms with Gasteiger partial charge >= 0.3 is 6.03 Å². The van der Waals surface area contributed by atoms with Crippen molar-refractivity contribution in [3.63, 3.8) is 0 Å². The van der Waals surface area contributed by atoms with Crippen molar-refractivity contribution in [2.75, 3.05) is 32.0 Å². The lowest BCUT2D eigenvalue weighted by Crippen LogP contribution is -2.44. The Hall–Kier alpha value is -2.47. The van der Waals surface area contributed by atoms with E-state index in [1.54, 1.807) is 18.3 Å². The molecule has 2 amide bonds. The van der Waals surface area contributed by atoms with Gasteiger partial charge < -0.3 is 15.1 Å². The Morgan fingerprint density at radius 2 is 2.27 bits per heavy atom. The zero-order valence-corrected chi connectivity index (χ0v) is 15.1. The molecule has 2 aromatic rings. The number of carbonyl (C=O) groups excluding carboxylic acids is 1. The molecule has 1 atom stereocenters. The Morgan fingerprint density at radius 1 is 1.38 bits per heavy atom. The molecule has 5 nitrogen and oxygen atoms in total. The number of likely N-dealkylation sites (tertiary alicyclic amines) is 1. The van der Waals surface area contributed by atoms with Crippen LogP contribution in [0.15, 0.2) is 48.8 Å². The van der Waals surface area contributed by atoms with Gasteiger partial charge in [0.1, 0.15) is 5.82 Å². The minimum absolute atomic E-state index is 0.157. The number of aromatic nitrogens is 1. The van der Waals surface area contributed by atoms with E-state index in [1.807, 2.05) is 17.2 Å². The number of carbonyl (C=O) groups is 1. The monoisotopic (exact) mass is 356 g/mol. The highest BCUT2D eigenvalue weighted by Crippen LogP contribution is 2.19. The third-order valence-corrected chi connectivity index (χ3v) is 4.63. The number of hydrogen-bond donors (Lipinski definition) is 1. The maximum atomic E-state index is 13.3. The summed E-state index contributed by atoms with van der Waals surface area (Å²) >= 11 is 0. The van der Waals surface area contributed by atoms with Crippen LogP contribution in [0.5, 0.6) is 0 Å². The molecule has 26 heavy (non-hydrogen) atoms. The third kappa shape index (κ3) is 5.26. The topological polar surface area (TPSA) is 48.5 Å². The van der Waals surface area contributed by atoms with Crippen molar-refractivity contribution in [3.05, 3.63) is 60.2 Å². The smallest absolute Gasteiger partial charge is 0.321 e. The molecule has 138 valence electrons. The van der Waals surface area contributed by atoms with E-state index in [0.717, 1.165) is 39.0 Å². The van der Waals surface area contributed by atoms with E-state index in [-0.39, 0.29) is 11.8 Å². The van der Waals surface area contributed by atoms with Crippen molar-refractivity contribution < 1.29 is 9.18 Å². The van der Waals surface area contributed by atoms with E-state index in [0.29, 0.717) is 11.6 Å². The molecule has 1 fully saturated rings. The van der Waals surface area contributed by atoms with Crippen molar-refractivity contribution in [2.24, 2.45) is 5.92 Å². The summed E-state index contributed by atoms with van der Waals surface area (Å²) in [6.07, 6.45) is 5.76. The van der Waals surface area contributed by atoms with Crippen LogP contribution in [0.1, 0.15) is 18.4 Å². The van der Waals surface area contributed by atoms with E-state index < -0.39 is 0 Å². The minimum atomic E-state index is -0.351. The Bertz CT molecular complexity index is 725. The van der Waals surface area contributed by atoms with Gasteiger partial charge in [0.15, 0.2) is 0 Å². The minimum Gasteiger partial charge on any atom is -0.324 e. The summed E-state index contributed by atoms with van der Waals surface area (Å²) in [7, 11) is 2.10. The van der Waals surface area contributed by atoms with Gasteiger partial charge in [-0.25, -0.2) is 9.18 Å². The summed E-state index contributed by atoms with van der Waals surface area (Å²) in [5.41, 5.74) is 1.68. The first-order valence-corrected chi connectivity index (χ1v) is 8.99. The molecule has 1 N–H and O–H groups in total. The van der Waals surface area contributed by atoms with Crippen molar-refractivity contribution in [1.29, 1.82) is 0 Å². The van der Waals surface area contributed by atoms with Crippen LogP contribution >= 0.6 is 0 Å². The highest BCUT2D eigenvalue weighted by molar-refractivity contribution is 5.89. The van der Waals surface area contributed by atoms with Gasteiger partial charge in [0.2, 0.25) is 0 Å². The van der Waals surface area contributed by atoms with Gasteiger partial charge in [-0.1, -0.05) is 12.1 Å². The number of rotatable bonds is 5. The van der Waals surface area contributed by atoms with Gasteiger partial charge in [-0.2, -0.15) is 0 Å². The predicted octanol–water partition coefficient (Wildman–Crippen LogP) is 3.60. The number of nitrogens with zero attached hydrogens (tertiary/aromatic N) is 3. The summed E-state index contributed by atoms with van der Waals surface area (Å²) in [6, 6.07) is 9.86. The fourth-order valence-corrected chi connectivity index (χ4v) is 3.48. The van der Waals surface area contributed by atoms with Crippen molar-refractivity contribution in [2.45, 2.75) is 19.4 Å². The molecule has 1 unspecified atom stereocenters. The molecule has 3 rings (SSSR count). The average molecular weight is 356 g/mol. The Balaban J connectivity index is 1.51. The first kappa shape index (κ1) is 18.3. The second-order valence-corrected chi connectivity index (χ2v) is 6.95. The summed E-state index contributed by atoms with van der Waals surface area (Å²) in [4.78, 5) is 20.7. The number of anilines is 1. The first-order valence-electron chi connectivity index (χ1n) is 8.99. The average Bonchev–Trinajstić information content (AvgIpc) is 2.62. The van der Waals surface area contributed by atoms with E-state index in [4.69, 9.17) is 0 Å². The molecule has 6 heteroatoms. The van der Waals surface area contributed by atoms with Gasteiger partial charge in [0, 0.05) is 44.3 Å². The molecule has 0 bridgehead atoms. The van der Waals surface area contributed by atoms with Crippen LogP contribution in [0, 0.1) is 11.7 Å². The van der Waals surface area contributed by atoms with Crippen LogP contribution < -0.4 is 5.32 Å². The lowest BCUT2D eigenvalue weighted by atomic mass is 9.97. The molecule has 0 spiro atoms. The first-order chi connectivity index (χ1) is 12.6. The highest BCUT2D eigenvalue weighted by atomic mass is 19.1. The summed E-state index contributed by atoms with van der Waals surface area (Å²) < 4.78 is 13.3. The molecular weight excluding hydrogens is 331 g/mol. The predicted molar refractivity (Wildman–Crippen MR) is 100 cm³/mol. The Morgan fingerprint density at radius 3 is 3.04 bits per heavy atom. The highest BCUT2D eigenvalue weighted by Gasteiger charge is 2.24. The largest absolute Gasteiger partial charge is 0.324 e. The van der Waals surface area contributed by atoms with Crippen LogP contribution in [-0.2, 0) is 6.54 Å². The number of benzene rings is 1. The van der Waals surface area contributed by atoms with Crippen molar-refractivity contribution >= 4 is 11.7 Å². The Labute approximate surface area is 153 Å². The van der Waals surface area contributed by atoms with E-state index in [1.165, 1.54) is 17.7 Å². The van der Waals surface area contributed by atoms with Gasteiger partial charge in [-0.05, 0) is 55.6 Å². The molecule has 1 aliphatic heterocycles. The second kappa shape index (κ2) is 8.76. The maximum Gasteiger partial charge on any atom is 0.321 e. The molecule has 0 aliphatic carbocycles. The molecule has 1 aliphatic rings. The van der Waals surface area contributed by atoms with E-state index in [2.05, 4.69) is 28.3 Å². The molecule has 0 radical (unpaired) electrons. The molecule has 1 aromatic heterocycles. The SMILES string of the molecule is CN(Cc1cccnc1)CC1CCCN(C(=O)Nc2cccc(F)c2)C1. The van der Waals surface area contributed by atoms with Crippen LogP contribution in [0.2, 0.25) is 0 Å². The lowest BCUT2D eigenvalue weighted by molar-refractivity contribution is 0.154. The zero-order chi connectivity index (χ0) is 18.4. The molecule has 2 heterocycles. The van der Waals surface area contributed by atoms with E-state index in [9.17, 15) is 9.18 Å². The quantitative estimate of drug-likeness (QED) is 0.891. The molecule has 1 saturated heterocycles. The lowest BCUT2D eigenvalue weighted by Gasteiger charge is -2.34. The van der Waals surface area contributed by atoms with Gasteiger partial charge in [0.05, 0.1) is 0 Å². The van der Waals surface area contributed by atoms with Crippen molar-refractivity contribution in [1.82, 2.24) is 14.8 Å². The van der Waals surface area contributed by atoms with Gasteiger partial charge in [-0.15, -0.1) is 0 Å². The summed E-state index contributed by atoms with van der Waals surface area (Å²) in [6.45, 7) is 3.24. The number of urea groups is 1. The zero-order valence-electron chi connectivity index (χ0n) is 15.1. The number of amides is 2. The third-order valence-electron chi connectivity index (χ3n) is 4.63. The van der Waals surface area contributed by atoms with Gasteiger partial charge in [-0.3, -0.25) is 4.98 Å². The number of pyridine rings is 1. The second-order valence-electron chi connectivity index (χ2n) is 6.95. The van der Waals surface area contributed by atoms with Gasteiger partial charge in [0.25, 0.3) is 0 Å². The molecule has 0 saturated carbocycles. The summed E-state index contributed by atoms with van der Waals surface area (Å²) in [5, 5.41) is 2.79. The normalized spacial score (nSPS) is 17.3. The maximum absolute atomic E-state index is 13.3. The number of piperidine rings is 1. The summed E-state index contributed by atoms with van der Waals surface area (Å²) in [5.74, 6) is 0.0834. The van der Waals surface area contributed by atoms with E-state index >= 15 is 0 Å². The fraction of sp³-hybridized carbons (Fsp3) is 0.400. The molecule has 1 aromatic carbocycles. The number of nitrogens with one attached hydrogen (secondary N) is 1. The fourth-order valence-electron chi connectivity index (χ4n) is 3.48. The Kier molecular flexibility index (Phi) is 6.17. The van der Waals surface area contributed by atoms with Crippen LogP contribution in [0.25, 0.3) is 0 Å². The van der Waals surface area contributed by atoms with Crippen molar-refractivity contribution in [3.8, 4) is 0 Å². The molecular formula is C20H25FN4O. The number of hydrogen-bond acceptors (Lipinski definition) is 3. The van der Waals surface area contributed by atoms with Crippen LogP contribution in [-0.4, -0.2) is 47.5 Å². The van der Waals surface area contributed by atoms with Crippen LogP contribution in [0.4, 0.5) is 14.9 Å². The standard InChI is InChI=1S/C20H25FN4O/c1-24(13-16-5-3-9-22-12-16)14-17-6-4-10-25(15-17)20(26)23-19-8-2-7-18(21)11-19/h2-3,5,7-9,11-12,17H,4,6,10,13-15H2,1H3,(H,23,26). The number of halogens is 1.